The van der Waals surface area contributed by atoms with E-state index in [4.69, 9.17) is 0 Å². The fourth-order valence-corrected chi connectivity index (χ4v) is 1.13. The fraction of sp³-hybridized carbons (Fsp3) is 0.364. The molecule has 2 N–H and O–H groups in total. The van der Waals surface area contributed by atoms with E-state index in [1.54, 1.807) is 6.92 Å². The van der Waals surface area contributed by atoms with E-state index >= 15 is 0 Å². The molecule has 0 aliphatic heterocycles. The minimum Gasteiger partial charge on any atom is -0.391 e. The fourth-order valence-electron chi connectivity index (χ4n) is 1.13. The zero-order valence-electron chi connectivity index (χ0n) is 8.84. The Labute approximate surface area is 92.1 Å². The molecule has 1 amide bonds. The van der Waals surface area contributed by atoms with Crippen LogP contribution in [0, 0.1) is 11.6 Å². The third-order valence-electron chi connectivity index (χ3n) is 2.17. The van der Waals surface area contributed by atoms with E-state index in [0.717, 1.165) is 6.07 Å². The van der Waals surface area contributed by atoms with E-state index < -0.39 is 23.6 Å². The molecule has 88 valence electrons. The second kappa shape index (κ2) is 5.55. The molecule has 0 aliphatic carbocycles. The number of aliphatic hydroxyl groups is 1. The van der Waals surface area contributed by atoms with Crippen LogP contribution in [0.15, 0.2) is 18.2 Å². The monoisotopic (exact) mass is 229 g/mol. The van der Waals surface area contributed by atoms with Crippen molar-refractivity contribution in [3.63, 3.8) is 0 Å². The number of hydrogen-bond acceptors (Lipinski definition) is 2. The zero-order chi connectivity index (χ0) is 12.1. The number of rotatable bonds is 4. The first-order valence-electron chi connectivity index (χ1n) is 4.96. The molecule has 0 heterocycles. The van der Waals surface area contributed by atoms with Gasteiger partial charge in [-0.15, -0.1) is 0 Å². The van der Waals surface area contributed by atoms with Crippen LogP contribution in [0.1, 0.15) is 23.7 Å². The van der Waals surface area contributed by atoms with Crippen molar-refractivity contribution >= 4 is 5.91 Å². The summed E-state index contributed by atoms with van der Waals surface area (Å²) in [6, 6.07) is 3.38. The van der Waals surface area contributed by atoms with Crippen molar-refractivity contribution in [3.05, 3.63) is 35.4 Å². The lowest BCUT2D eigenvalue weighted by Gasteiger charge is -2.09. The lowest BCUT2D eigenvalue weighted by Crippen LogP contribution is -2.32. The highest BCUT2D eigenvalue weighted by Gasteiger charge is 2.15. The summed E-state index contributed by atoms with van der Waals surface area (Å²) in [7, 11) is 0. The Kier molecular flexibility index (Phi) is 4.37. The molecule has 0 spiro atoms. The summed E-state index contributed by atoms with van der Waals surface area (Å²) in [6.45, 7) is 1.77. The number of halogens is 2. The van der Waals surface area contributed by atoms with Crippen molar-refractivity contribution in [1.82, 2.24) is 5.32 Å². The summed E-state index contributed by atoms with van der Waals surface area (Å²) in [5, 5.41) is 11.5. The number of carbonyl (C=O) groups is 1. The van der Waals surface area contributed by atoms with Crippen LogP contribution in [0.5, 0.6) is 0 Å². The maximum absolute atomic E-state index is 13.2. The van der Waals surface area contributed by atoms with Gasteiger partial charge in [0.05, 0.1) is 11.7 Å². The lowest BCUT2D eigenvalue weighted by molar-refractivity contribution is 0.0909. The molecular weight excluding hydrogens is 216 g/mol. The van der Waals surface area contributed by atoms with Gasteiger partial charge in [-0.25, -0.2) is 8.78 Å². The summed E-state index contributed by atoms with van der Waals surface area (Å²) in [4.78, 5) is 11.4. The van der Waals surface area contributed by atoms with Gasteiger partial charge >= 0.3 is 0 Å². The highest BCUT2D eigenvalue weighted by molar-refractivity contribution is 5.94. The summed E-state index contributed by atoms with van der Waals surface area (Å²) in [5.41, 5.74) is -0.358. The van der Waals surface area contributed by atoms with Gasteiger partial charge in [0.1, 0.15) is 0 Å². The largest absolute Gasteiger partial charge is 0.391 e. The second-order valence-electron chi connectivity index (χ2n) is 3.37. The number of hydrogen-bond donors (Lipinski definition) is 2. The molecule has 1 aromatic rings. The predicted octanol–water partition coefficient (Wildman–Crippen LogP) is 1.47. The Morgan fingerprint density at radius 3 is 2.81 bits per heavy atom. The van der Waals surface area contributed by atoms with E-state index in [0.29, 0.717) is 6.42 Å². The van der Waals surface area contributed by atoms with Crippen molar-refractivity contribution in [3.8, 4) is 0 Å². The van der Waals surface area contributed by atoms with Gasteiger partial charge < -0.3 is 10.4 Å². The molecular formula is C11H13F2NO2. The van der Waals surface area contributed by atoms with Gasteiger partial charge in [0, 0.05) is 6.54 Å². The number of benzene rings is 1. The SMILES string of the molecule is CCC(O)CNC(=O)c1cccc(F)c1F. The van der Waals surface area contributed by atoms with Gasteiger partial charge in [-0.05, 0) is 18.6 Å². The van der Waals surface area contributed by atoms with Crippen LogP contribution < -0.4 is 5.32 Å². The van der Waals surface area contributed by atoms with Crippen LogP contribution >= 0.6 is 0 Å². The van der Waals surface area contributed by atoms with Crippen molar-refractivity contribution in [2.24, 2.45) is 0 Å². The van der Waals surface area contributed by atoms with Crippen LogP contribution in [-0.4, -0.2) is 23.7 Å². The van der Waals surface area contributed by atoms with E-state index in [1.165, 1.54) is 12.1 Å². The topological polar surface area (TPSA) is 49.3 Å². The molecule has 0 aromatic heterocycles. The maximum atomic E-state index is 13.2. The van der Waals surface area contributed by atoms with Crippen molar-refractivity contribution in [2.45, 2.75) is 19.4 Å². The molecule has 3 nitrogen and oxygen atoms in total. The van der Waals surface area contributed by atoms with E-state index in [1.807, 2.05) is 0 Å². The van der Waals surface area contributed by atoms with Crippen molar-refractivity contribution < 1.29 is 18.7 Å². The van der Waals surface area contributed by atoms with Crippen LogP contribution in [0.25, 0.3) is 0 Å². The average Bonchev–Trinajstić information content (AvgIpc) is 2.29. The first kappa shape index (κ1) is 12.6. The van der Waals surface area contributed by atoms with Crippen LogP contribution in [0.3, 0.4) is 0 Å². The van der Waals surface area contributed by atoms with E-state index in [-0.39, 0.29) is 12.1 Å². The highest BCUT2D eigenvalue weighted by atomic mass is 19.2. The van der Waals surface area contributed by atoms with Gasteiger partial charge in [-0.2, -0.15) is 0 Å². The molecule has 0 aliphatic rings. The highest BCUT2D eigenvalue weighted by Crippen LogP contribution is 2.10. The Balaban J connectivity index is 2.70. The standard InChI is InChI=1S/C11H13F2NO2/c1-2-7(15)6-14-11(16)8-4-3-5-9(12)10(8)13/h3-5,7,15H,2,6H2,1H3,(H,14,16). The molecule has 0 radical (unpaired) electrons. The van der Waals surface area contributed by atoms with Crippen LogP contribution in [-0.2, 0) is 0 Å². The Morgan fingerprint density at radius 1 is 1.50 bits per heavy atom. The smallest absolute Gasteiger partial charge is 0.254 e. The van der Waals surface area contributed by atoms with Gasteiger partial charge in [-0.3, -0.25) is 4.79 Å². The quantitative estimate of drug-likeness (QED) is 0.821. The Morgan fingerprint density at radius 2 is 2.19 bits per heavy atom. The van der Waals surface area contributed by atoms with Crippen LogP contribution in [0.4, 0.5) is 8.78 Å². The number of carbonyl (C=O) groups excluding carboxylic acids is 1. The normalized spacial score (nSPS) is 12.2. The zero-order valence-corrected chi connectivity index (χ0v) is 8.84. The number of aliphatic hydroxyl groups excluding tert-OH is 1. The first-order chi connectivity index (χ1) is 7.56. The van der Waals surface area contributed by atoms with Gasteiger partial charge in [-0.1, -0.05) is 13.0 Å². The Bertz CT molecular complexity index is 382. The number of nitrogens with one attached hydrogen (secondary N) is 1. The summed E-state index contributed by atoms with van der Waals surface area (Å²) in [6.07, 6.45) is -0.202. The van der Waals surface area contributed by atoms with E-state index in [9.17, 15) is 18.7 Å². The Hall–Kier alpha value is -1.49. The summed E-state index contributed by atoms with van der Waals surface area (Å²) < 4.78 is 26.0. The summed E-state index contributed by atoms with van der Waals surface area (Å²) >= 11 is 0. The average molecular weight is 229 g/mol. The molecule has 0 bridgehead atoms. The van der Waals surface area contributed by atoms with Crippen molar-refractivity contribution in [1.29, 1.82) is 0 Å². The van der Waals surface area contributed by atoms with Crippen LogP contribution in [0.2, 0.25) is 0 Å². The molecule has 0 saturated carbocycles. The summed E-state index contributed by atoms with van der Waals surface area (Å²) in [5.74, 6) is -2.97. The van der Waals surface area contributed by atoms with Gasteiger partial charge in [0.15, 0.2) is 11.6 Å². The molecule has 1 aromatic carbocycles. The molecule has 16 heavy (non-hydrogen) atoms. The third kappa shape index (κ3) is 3.00. The maximum Gasteiger partial charge on any atom is 0.254 e. The minimum atomic E-state index is -1.18. The second-order valence-corrected chi connectivity index (χ2v) is 3.37. The number of amides is 1. The first-order valence-corrected chi connectivity index (χ1v) is 4.96. The van der Waals surface area contributed by atoms with Gasteiger partial charge in [0.2, 0.25) is 0 Å². The molecule has 1 unspecified atom stereocenters. The predicted molar refractivity (Wildman–Crippen MR) is 55.0 cm³/mol. The lowest BCUT2D eigenvalue weighted by atomic mass is 10.2. The molecule has 1 atom stereocenters. The molecule has 1 rings (SSSR count). The third-order valence-corrected chi connectivity index (χ3v) is 2.17. The van der Waals surface area contributed by atoms with E-state index in [2.05, 4.69) is 5.32 Å². The molecule has 0 saturated heterocycles. The molecule has 0 fully saturated rings. The van der Waals surface area contributed by atoms with Crippen molar-refractivity contribution in [2.75, 3.05) is 6.54 Å². The van der Waals surface area contributed by atoms with Gasteiger partial charge in [0.25, 0.3) is 5.91 Å². The molecule has 5 heteroatoms. The minimum absolute atomic E-state index is 0.0191.